The second-order valence-corrected chi connectivity index (χ2v) is 9.16. The molecule has 0 aliphatic rings. The van der Waals surface area contributed by atoms with E-state index in [0.29, 0.717) is 5.02 Å². The van der Waals surface area contributed by atoms with Gasteiger partial charge in [-0.15, -0.1) is 11.3 Å². The Morgan fingerprint density at radius 3 is 1.88 bits per heavy atom. The summed E-state index contributed by atoms with van der Waals surface area (Å²) in [6.45, 7) is 0. The zero-order valence-electron chi connectivity index (χ0n) is 18.2. The molecular weight excluding hydrogens is 460 g/mol. The minimum atomic E-state index is -0.387. The Labute approximate surface area is 207 Å². The summed E-state index contributed by atoms with van der Waals surface area (Å²) in [5.74, 6) is -0.452. The number of rotatable bonds is 6. The maximum Gasteiger partial charge on any atom is 0.236 e. The van der Waals surface area contributed by atoms with Crippen LogP contribution in [-0.2, 0) is 4.79 Å². The summed E-state index contributed by atoms with van der Waals surface area (Å²) in [4.78, 5) is 18.1. The number of nitrogens with zero attached hydrogens (tertiary/aromatic N) is 1. The van der Waals surface area contributed by atoms with Crippen molar-refractivity contribution >= 4 is 34.5 Å². The highest BCUT2D eigenvalue weighted by Gasteiger charge is 2.22. The number of halogens is 1. The zero-order chi connectivity index (χ0) is 23.3. The van der Waals surface area contributed by atoms with Gasteiger partial charge in [0.15, 0.2) is 0 Å². The average Bonchev–Trinajstić information content (AvgIpc) is 3.37. The van der Waals surface area contributed by atoms with Crippen molar-refractivity contribution < 1.29 is 4.79 Å². The predicted molar refractivity (Wildman–Crippen MR) is 141 cm³/mol. The van der Waals surface area contributed by atoms with Gasteiger partial charge in [0.25, 0.3) is 0 Å². The van der Waals surface area contributed by atoms with Gasteiger partial charge >= 0.3 is 0 Å². The average molecular weight is 481 g/mol. The number of hydrogen-bond acceptors (Lipinski definition) is 3. The van der Waals surface area contributed by atoms with E-state index < -0.39 is 0 Å². The minimum Gasteiger partial charge on any atom is -0.325 e. The molecule has 0 saturated heterocycles. The second-order valence-electron chi connectivity index (χ2n) is 7.87. The number of hydrogen-bond donors (Lipinski definition) is 1. The van der Waals surface area contributed by atoms with E-state index >= 15 is 0 Å². The molecule has 3 nitrogen and oxygen atoms in total. The third-order valence-corrected chi connectivity index (χ3v) is 6.71. The van der Waals surface area contributed by atoms with Crippen molar-refractivity contribution in [1.29, 1.82) is 0 Å². The summed E-state index contributed by atoms with van der Waals surface area (Å²) >= 11 is 7.59. The van der Waals surface area contributed by atoms with E-state index in [-0.39, 0.29) is 11.8 Å². The van der Waals surface area contributed by atoms with Crippen molar-refractivity contribution in [3.05, 3.63) is 131 Å². The van der Waals surface area contributed by atoms with Gasteiger partial charge < -0.3 is 5.32 Å². The van der Waals surface area contributed by atoms with Crippen LogP contribution in [0.3, 0.4) is 0 Å². The molecule has 5 rings (SSSR count). The van der Waals surface area contributed by atoms with Gasteiger partial charge in [-0.1, -0.05) is 96.5 Å². The molecule has 34 heavy (non-hydrogen) atoms. The van der Waals surface area contributed by atoms with Crippen molar-refractivity contribution in [3.8, 4) is 21.8 Å². The fourth-order valence-corrected chi connectivity index (χ4v) is 4.82. The molecule has 0 fully saturated rings. The van der Waals surface area contributed by atoms with E-state index in [1.54, 1.807) is 11.3 Å². The molecule has 0 radical (unpaired) electrons. The molecule has 0 unspecified atom stereocenters. The molecule has 1 N–H and O–H groups in total. The smallest absolute Gasteiger partial charge is 0.236 e. The lowest BCUT2D eigenvalue weighted by molar-refractivity contribution is -0.116. The molecule has 0 spiro atoms. The molecular formula is C29H21ClN2OS. The summed E-state index contributed by atoms with van der Waals surface area (Å²) in [6, 6.07) is 35.2. The number of anilines is 1. The van der Waals surface area contributed by atoms with E-state index in [2.05, 4.69) is 5.32 Å². The largest absolute Gasteiger partial charge is 0.325 e. The summed E-state index contributed by atoms with van der Waals surface area (Å²) < 4.78 is 0. The number of aromatic nitrogens is 1. The van der Waals surface area contributed by atoms with Crippen LogP contribution < -0.4 is 5.32 Å². The first kappa shape index (κ1) is 22.1. The third-order valence-electron chi connectivity index (χ3n) is 5.57. The predicted octanol–water partition coefficient (Wildman–Crippen LogP) is 7.90. The molecule has 5 heteroatoms. The molecule has 0 aliphatic carbocycles. The highest BCUT2D eigenvalue weighted by Crippen LogP contribution is 2.31. The maximum atomic E-state index is 13.3. The van der Waals surface area contributed by atoms with Crippen molar-refractivity contribution in [2.24, 2.45) is 0 Å². The van der Waals surface area contributed by atoms with Crippen LogP contribution in [-0.4, -0.2) is 10.9 Å². The second kappa shape index (κ2) is 10.0. The number of carbonyl (C=O) groups is 1. The molecule has 5 aromatic rings. The molecule has 0 aliphatic heterocycles. The van der Waals surface area contributed by atoms with E-state index in [1.165, 1.54) is 0 Å². The van der Waals surface area contributed by atoms with Gasteiger partial charge in [-0.2, -0.15) is 0 Å². The highest BCUT2D eigenvalue weighted by molar-refractivity contribution is 7.13. The number of benzene rings is 4. The number of thiazole rings is 1. The van der Waals surface area contributed by atoms with Crippen LogP contribution in [0.5, 0.6) is 0 Å². The van der Waals surface area contributed by atoms with Gasteiger partial charge in [0.1, 0.15) is 5.01 Å². The normalized spacial score (nSPS) is 10.9. The molecule has 1 aromatic heterocycles. The van der Waals surface area contributed by atoms with Gasteiger partial charge in [0.2, 0.25) is 5.91 Å². The van der Waals surface area contributed by atoms with Crippen molar-refractivity contribution in [2.45, 2.75) is 5.92 Å². The van der Waals surface area contributed by atoms with E-state index in [1.807, 2.05) is 115 Å². The Hall–Kier alpha value is -3.73. The van der Waals surface area contributed by atoms with Crippen LogP contribution in [0.1, 0.15) is 17.0 Å². The lowest BCUT2D eigenvalue weighted by Gasteiger charge is -2.18. The Bertz CT molecular complexity index is 1340. The fraction of sp³-hybridized carbons (Fsp3) is 0.0345. The highest BCUT2D eigenvalue weighted by atomic mass is 35.5. The standard InChI is InChI=1S/C29H21ClN2OS/c30-24-15-11-23(12-16-24)29-32-26(19-34-29)20-13-17-25(18-14-20)31-28(33)27(21-7-3-1-4-8-21)22-9-5-2-6-10-22/h1-19,27H,(H,31,33). The molecule has 1 heterocycles. The van der Waals surface area contributed by atoms with Gasteiger partial charge in [0.05, 0.1) is 11.6 Å². The Morgan fingerprint density at radius 1 is 0.735 bits per heavy atom. The Balaban J connectivity index is 1.34. The maximum absolute atomic E-state index is 13.3. The van der Waals surface area contributed by atoms with Crippen LogP contribution in [0, 0.1) is 0 Å². The topological polar surface area (TPSA) is 42.0 Å². The summed E-state index contributed by atoms with van der Waals surface area (Å²) in [5.41, 5.74) is 5.60. The third kappa shape index (κ3) is 4.93. The molecule has 0 bridgehead atoms. The molecule has 4 aromatic carbocycles. The summed E-state index contributed by atoms with van der Waals surface area (Å²) in [7, 11) is 0. The lowest BCUT2D eigenvalue weighted by Crippen LogP contribution is -2.22. The molecule has 166 valence electrons. The van der Waals surface area contributed by atoms with Gasteiger partial charge in [-0.25, -0.2) is 4.98 Å². The SMILES string of the molecule is O=C(Nc1ccc(-c2csc(-c3ccc(Cl)cc3)n2)cc1)C(c1ccccc1)c1ccccc1. The van der Waals surface area contributed by atoms with Gasteiger partial charge in [-0.3, -0.25) is 4.79 Å². The van der Waals surface area contributed by atoms with Gasteiger partial charge in [-0.05, 0) is 35.4 Å². The van der Waals surface area contributed by atoms with Crippen LogP contribution in [0.4, 0.5) is 5.69 Å². The number of amides is 1. The summed E-state index contributed by atoms with van der Waals surface area (Å²) in [6.07, 6.45) is 0. The molecule has 0 atom stereocenters. The van der Waals surface area contributed by atoms with Crippen molar-refractivity contribution in [3.63, 3.8) is 0 Å². The van der Waals surface area contributed by atoms with Crippen LogP contribution >= 0.6 is 22.9 Å². The zero-order valence-corrected chi connectivity index (χ0v) is 19.8. The van der Waals surface area contributed by atoms with Crippen molar-refractivity contribution in [1.82, 2.24) is 4.98 Å². The Morgan fingerprint density at radius 2 is 1.29 bits per heavy atom. The Kier molecular flexibility index (Phi) is 6.52. The molecule has 1 amide bonds. The van der Waals surface area contributed by atoms with Crippen molar-refractivity contribution in [2.75, 3.05) is 5.32 Å². The van der Waals surface area contributed by atoms with Crippen LogP contribution in [0.25, 0.3) is 21.8 Å². The minimum absolute atomic E-state index is 0.0659. The first-order valence-electron chi connectivity index (χ1n) is 10.9. The van der Waals surface area contributed by atoms with Crippen LogP contribution in [0.15, 0.2) is 115 Å². The first-order valence-corrected chi connectivity index (χ1v) is 12.2. The quantitative estimate of drug-likeness (QED) is 0.268. The van der Waals surface area contributed by atoms with Gasteiger partial charge in [0, 0.05) is 27.2 Å². The fourth-order valence-electron chi connectivity index (χ4n) is 3.86. The van der Waals surface area contributed by atoms with E-state index in [4.69, 9.17) is 16.6 Å². The van der Waals surface area contributed by atoms with Crippen LogP contribution in [0.2, 0.25) is 5.02 Å². The number of carbonyl (C=O) groups excluding carboxylic acids is 1. The van der Waals surface area contributed by atoms with E-state index in [9.17, 15) is 4.79 Å². The first-order chi connectivity index (χ1) is 16.7. The molecule has 0 saturated carbocycles. The lowest BCUT2D eigenvalue weighted by atomic mass is 9.90. The number of nitrogens with one attached hydrogen (secondary N) is 1. The monoisotopic (exact) mass is 480 g/mol. The summed E-state index contributed by atoms with van der Waals surface area (Å²) in [5, 5.41) is 6.78. The van der Waals surface area contributed by atoms with E-state index in [0.717, 1.165) is 38.6 Å².